The van der Waals surface area contributed by atoms with E-state index >= 15 is 0 Å². The maximum atomic E-state index is 11.1. The lowest BCUT2D eigenvalue weighted by Crippen LogP contribution is -2.39. The third-order valence-corrected chi connectivity index (χ3v) is 7.67. The predicted molar refractivity (Wildman–Crippen MR) is 132 cm³/mol. The van der Waals surface area contributed by atoms with E-state index in [-0.39, 0.29) is 44.1 Å². The van der Waals surface area contributed by atoms with Crippen LogP contribution in [-0.4, -0.2) is 73.0 Å². The summed E-state index contributed by atoms with van der Waals surface area (Å²) in [6.07, 6.45) is 9.07. The Balaban J connectivity index is 1.65. The number of rotatable bonds is 14. The molecular weight excluding hydrogens is 452 g/mol. The minimum Gasteiger partial charge on any atom is -0.460 e. The minimum atomic E-state index is -0.825. The van der Waals surface area contributed by atoms with Gasteiger partial charge < -0.3 is 29.2 Å². The van der Waals surface area contributed by atoms with Crippen LogP contribution in [0.2, 0.25) is 0 Å². The highest BCUT2D eigenvalue weighted by atomic mass is 16.6. The summed E-state index contributed by atoms with van der Waals surface area (Å²) in [5, 5.41) is 19.9. The fourth-order valence-electron chi connectivity index (χ4n) is 5.35. The van der Waals surface area contributed by atoms with Crippen molar-refractivity contribution in [2.75, 3.05) is 26.4 Å². The van der Waals surface area contributed by atoms with Crippen molar-refractivity contribution in [2.24, 2.45) is 17.3 Å². The molecule has 2 aliphatic carbocycles. The summed E-state index contributed by atoms with van der Waals surface area (Å²) >= 11 is 0. The van der Waals surface area contributed by atoms with Gasteiger partial charge in [0.25, 0.3) is 0 Å². The summed E-state index contributed by atoms with van der Waals surface area (Å²) in [6.45, 7) is 11.6. The normalized spacial score (nSPS) is 26.9. The first-order valence-electron chi connectivity index (χ1n) is 12.8. The van der Waals surface area contributed by atoms with Gasteiger partial charge in [-0.3, -0.25) is 0 Å². The van der Waals surface area contributed by atoms with Crippen LogP contribution < -0.4 is 0 Å². The van der Waals surface area contributed by atoms with Gasteiger partial charge in [-0.05, 0) is 68.6 Å². The molecule has 0 heterocycles. The number of carbonyl (C=O) groups is 2. The SMILES string of the molecule is C=CC(=O)OCC(O)COC1CCC(C(C)(C)C2CCC(OCC(O)COC(=O)C=C)CC2)CC1. The molecule has 2 fully saturated rings. The molecule has 0 bridgehead atoms. The second-order valence-electron chi connectivity index (χ2n) is 10.4. The highest BCUT2D eigenvalue weighted by Gasteiger charge is 2.40. The monoisotopic (exact) mass is 496 g/mol. The predicted octanol–water partition coefficient (Wildman–Crippen LogP) is 3.34. The summed E-state index contributed by atoms with van der Waals surface area (Å²) in [4.78, 5) is 22.2. The van der Waals surface area contributed by atoms with E-state index in [0.29, 0.717) is 11.8 Å². The average Bonchev–Trinajstić information content (AvgIpc) is 2.88. The molecule has 0 amide bonds. The van der Waals surface area contributed by atoms with Crippen molar-refractivity contribution < 1.29 is 38.7 Å². The zero-order chi connectivity index (χ0) is 25.8. The van der Waals surface area contributed by atoms with Gasteiger partial charge in [0.05, 0.1) is 25.4 Å². The molecule has 0 saturated heterocycles. The number of aliphatic hydroxyl groups is 2. The van der Waals surface area contributed by atoms with Crippen molar-refractivity contribution in [3.8, 4) is 0 Å². The van der Waals surface area contributed by atoms with Gasteiger partial charge in [-0.15, -0.1) is 0 Å². The summed E-state index contributed by atoms with van der Waals surface area (Å²) in [5.41, 5.74) is 0.229. The van der Waals surface area contributed by atoms with Crippen LogP contribution in [0.15, 0.2) is 25.3 Å². The van der Waals surface area contributed by atoms with Gasteiger partial charge in [0.1, 0.15) is 25.4 Å². The first kappa shape index (κ1) is 29.5. The zero-order valence-corrected chi connectivity index (χ0v) is 21.4. The molecule has 0 spiro atoms. The van der Waals surface area contributed by atoms with Crippen LogP contribution in [0.25, 0.3) is 0 Å². The fourth-order valence-corrected chi connectivity index (χ4v) is 5.35. The van der Waals surface area contributed by atoms with E-state index < -0.39 is 24.1 Å². The third kappa shape index (κ3) is 10.0. The smallest absolute Gasteiger partial charge is 0.330 e. The Bertz CT molecular complexity index is 619. The Morgan fingerprint density at radius 2 is 1.09 bits per heavy atom. The lowest BCUT2D eigenvalue weighted by Gasteiger charge is -2.46. The molecular formula is C27H44O8. The summed E-state index contributed by atoms with van der Waals surface area (Å²) in [7, 11) is 0. The fraction of sp³-hybridized carbons (Fsp3) is 0.778. The molecule has 2 saturated carbocycles. The molecule has 2 N–H and O–H groups in total. The minimum absolute atomic E-state index is 0.0820. The van der Waals surface area contributed by atoms with Crippen molar-refractivity contribution in [1.82, 2.24) is 0 Å². The first-order valence-corrected chi connectivity index (χ1v) is 12.8. The molecule has 8 heteroatoms. The molecule has 0 aliphatic heterocycles. The second kappa shape index (κ2) is 14.7. The Hall–Kier alpha value is -1.74. The maximum absolute atomic E-state index is 11.1. The molecule has 0 aromatic rings. The summed E-state index contributed by atoms with van der Waals surface area (Å²) < 4.78 is 21.5. The van der Waals surface area contributed by atoms with Crippen molar-refractivity contribution in [1.29, 1.82) is 0 Å². The average molecular weight is 497 g/mol. The summed E-state index contributed by atoms with van der Waals surface area (Å²) in [6, 6.07) is 0. The molecule has 2 atom stereocenters. The Morgan fingerprint density at radius 3 is 1.40 bits per heavy atom. The van der Waals surface area contributed by atoms with E-state index in [0.717, 1.165) is 63.5 Å². The molecule has 200 valence electrons. The molecule has 0 aromatic heterocycles. The standard InChI is InChI=1S/C27H44O8/c1-5-25(30)34-17-21(28)15-32-23-11-7-19(8-12-23)27(3,4)20-9-13-24(14-10-20)33-16-22(29)18-35-26(31)6-2/h5-6,19-24,28-29H,1-2,7-18H2,3-4H3. The van der Waals surface area contributed by atoms with Crippen molar-refractivity contribution in [2.45, 2.75) is 89.6 Å². The number of esters is 2. The van der Waals surface area contributed by atoms with E-state index in [1.165, 1.54) is 0 Å². The van der Waals surface area contributed by atoms with Crippen molar-refractivity contribution >= 4 is 11.9 Å². The highest BCUT2D eigenvalue weighted by Crippen LogP contribution is 2.48. The molecule has 0 radical (unpaired) electrons. The van der Waals surface area contributed by atoms with Gasteiger partial charge >= 0.3 is 11.9 Å². The molecule has 2 aliphatic rings. The Morgan fingerprint density at radius 1 is 0.743 bits per heavy atom. The van der Waals surface area contributed by atoms with E-state index in [1.807, 2.05) is 0 Å². The molecule has 2 rings (SSSR count). The van der Waals surface area contributed by atoms with Crippen molar-refractivity contribution in [3.63, 3.8) is 0 Å². The maximum Gasteiger partial charge on any atom is 0.330 e. The van der Waals surface area contributed by atoms with E-state index in [1.54, 1.807) is 0 Å². The summed E-state index contributed by atoms with van der Waals surface area (Å²) in [5.74, 6) is 0.169. The van der Waals surface area contributed by atoms with Crippen LogP contribution >= 0.6 is 0 Å². The first-order chi connectivity index (χ1) is 16.6. The van der Waals surface area contributed by atoms with E-state index in [4.69, 9.17) is 18.9 Å². The number of aliphatic hydroxyl groups excluding tert-OH is 2. The number of ether oxygens (including phenoxy) is 4. The molecule has 35 heavy (non-hydrogen) atoms. The third-order valence-electron chi connectivity index (χ3n) is 7.67. The van der Waals surface area contributed by atoms with Gasteiger partial charge in [-0.2, -0.15) is 0 Å². The lowest BCUT2D eigenvalue weighted by molar-refractivity contribution is -0.143. The van der Waals surface area contributed by atoms with Crippen molar-refractivity contribution in [3.05, 3.63) is 25.3 Å². The molecule has 8 nitrogen and oxygen atoms in total. The molecule has 0 aromatic carbocycles. The number of carbonyl (C=O) groups excluding carboxylic acids is 2. The van der Waals surface area contributed by atoms with Crippen LogP contribution in [0.4, 0.5) is 0 Å². The number of hydrogen-bond acceptors (Lipinski definition) is 8. The quantitative estimate of drug-likeness (QED) is 0.278. The second-order valence-corrected chi connectivity index (χ2v) is 10.4. The van der Waals surface area contributed by atoms with Crippen LogP contribution in [0.1, 0.15) is 65.2 Å². The van der Waals surface area contributed by atoms with Crippen LogP contribution in [0, 0.1) is 17.3 Å². The Labute approximate surface area is 209 Å². The lowest BCUT2D eigenvalue weighted by atomic mass is 9.60. The van der Waals surface area contributed by atoms with E-state index in [9.17, 15) is 19.8 Å². The largest absolute Gasteiger partial charge is 0.460 e. The van der Waals surface area contributed by atoms with Gasteiger partial charge in [0.15, 0.2) is 0 Å². The van der Waals surface area contributed by atoms with Crippen LogP contribution in [0.5, 0.6) is 0 Å². The Kier molecular flexibility index (Phi) is 12.4. The van der Waals surface area contributed by atoms with Gasteiger partial charge in [0, 0.05) is 12.2 Å². The van der Waals surface area contributed by atoms with Crippen LogP contribution in [-0.2, 0) is 28.5 Å². The molecule has 2 unspecified atom stereocenters. The van der Waals surface area contributed by atoms with Gasteiger partial charge in [-0.25, -0.2) is 9.59 Å². The van der Waals surface area contributed by atoms with Gasteiger partial charge in [0.2, 0.25) is 0 Å². The topological polar surface area (TPSA) is 112 Å². The van der Waals surface area contributed by atoms with E-state index in [2.05, 4.69) is 27.0 Å². The highest BCUT2D eigenvalue weighted by molar-refractivity contribution is 5.81. The zero-order valence-electron chi connectivity index (χ0n) is 21.4. The number of hydrogen-bond donors (Lipinski definition) is 2. The van der Waals surface area contributed by atoms with Gasteiger partial charge in [-0.1, -0.05) is 27.0 Å². The van der Waals surface area contributed by atoms with Crippen LogP contribution in [0.3, 0.4) is 0 Å².